The van der Waals surface area contributed by atoms with Gasteiger partial charge in [0.05, 0.1) is 11.3 Å². The van der Waals surface area contributed by atoms with Crippen molar-refractivity contribution in [3.05, 3.63) is 29.6 Å². The van der Waals surface area contributed by atoms with E-state index < -0.39 is 41.7 Å². The lowest BCUT2D eigenvalue weighted by Gasteiger charge is -2.16. The van der Waals surface area contributed by atoms with E-state index in [2.05, 4.69) is 0 Å². The zero-order chi connectivity index (χ0) is 13.5. The van der Waals surface area contributed by atoms with Crippen LogP contribution in [0.25, 0.3) is 0 Å². The first-order valence-electron chi connectivity index (χ1n) is 4.77. The van der Waals surface area contributed by atoms with E-state index in [1.165, 1.54) is 0 Å². The Hall–Kier alpha value is -2.12. The monoisotopic (exact) mass is 262 g/mol. The molecule has 4 nitrogen and oxygen atoms in total. The fourth-order valence-corrected chi connectivity index (χ4v) is 1.53. The van der Waals surface area contributed by atoms with Gasteiger partial charge in [-0.15, -0.1) is 0 Å². The van der Waals surface area contributed by atoms with E-state index in [-0.39, 0.29) is 0 Å². The van der Waals surface area contributed by atoms with Crippen LogP contribution in [-0.4, -0.2) is 18.5 Å². The molecule has 0 unspecified atom stereocenters. The molecule has 0 radical (unpaired) electrons. The summed E-state index contributed by atoms with van der Waals surface area (Å²) in [6.07, 6.45) is -4.65. The number of carbonyl (C=O) groups is 2. The van der Waals surface area contributed by atoms with Crippen molar-refractivity contribution in [3.8, 4) is 0 Å². The molecule has 0 aliphatic carbocycles. The highest BCUT2D eigenvalue weighted by atomic mass is 19.4. The van der Waals surface area contributed by atoms with Crippen molar-refractivity contribution in [2.24, 2.45) is 0 Å². The average Bonchev–Trinajstić information content (AvgIpc) is 2.56. The fraction of sp³-hybridized carbons (Fsp3) is 0.200. The molecule has 2 rings (SSSR count). The molecule has 1 saturated heterocycles. The summed E-state index contributed by atoms with van der Waals surface area (Å²) in [5.74, 6) is -1.70. The largest absolute Gasteiger partial charge is 0.416 e. The number of amides is 3. The number of halogens is 4. The summed E-state index contributed by atoms with van der Waals surface area (Å²) in [4.78, 5) is 22.8. The summed E-state index contributed by atoms with van der Waals surface area (Å²) in [7, 11) is 0. The van der Waals surface area contributed by atoms with Crippen LogP contribution in [0.3, 0.4) is 0 Å². The van der Waals surface area contributed by atoms with Gasteiger partial charge in [0.1, 0.15) is 12.4 Å². The predicted octanol–water partition coefficient (Wildman–Crippen LogP) is 1.90. The number of nitrogens with zero attached hydrogens (tertiary/aromatic N) is 1. The van der Waals surface area contributed by atoms with Crippen molar-refractivity contribution in [1.29, 1.82) is 0 Å². The Morgan fingerprint density at radius 3 is 2.39 bits per heavy atom. The topological polar surface area (TPSA) is 49.4 Å². The number of imide groups is 1. The molecule has 1 aromatic rings. The third kappa shape index (κ3) is 2.13. The van der Waals surface area contributed by atoms with Gasteiger partial charge in [0, 0.05) is 0 Å². The summed E-state index contributed by atoms with van der Waals surface area (Å²) in [6, 6.07) is 0.717. The number of rotatable bonds is 1. The molecule has 1 aliphatic heterocycles. The maximum atomic E-state index is 13.4. The van der Waals surface area contributed by atoms with E-state index >= 15 is 0 Å². The molecule has 0 saturated carbocycles. The lowest BCUT2D eigenvalue weighted by molar-refractivity contribution is -0.137. The van der Waals surface area contributed by atoms with Crippen molar-refractivity contribution in [2.75, 3.05) is 11.4 Å². The van der Waals surface area contributed by atoms with Crippen LogP contribution in [0.1, 0.15) is 5.56 Å². The summed E-state index contributed by atoms with van der Waals surface area (Å²) in [6.45, 7) is -0.503. The van der Waals surface area contributed by atoms with Crippen molar-refractivity contribution in [3.63, 3.8) is 0 Å². The zero-order valence-corrected chi connectivity index (χ0v) is 8.71. The second-order valence-corrected chi connectivity index (χ2v) is 3.60. The maximum Gasteiger partial charge on any atom is 0.416 e. The smallest absolute Gasteiger partial charge is 0.282 e. The highest BCUT2D eigenvalue weighted by molar-refractivity contribution is 6.12. The molecule has 96 valence electrons. The van der Waals surface area contributed by atoms with Crippen LogP contribution in [0.15, 0.2) is 18.2 Å². The van der Waals surface area contributed by atoms with Crippen LogP contribution in [-0.2, 0) is 11.0 Å². The summed E-state index contributed by atoms with van der Waals surface area (Å²) < 4.78 is 50.8. The quantitative estimate of drug-likeness (QED) is 0.620. The number of hydrogen-bond acceptors (Lipinski definition) is 2. The van der Waals surface area contributed by atoms with Crippen LogP contribution in [0, 0.1) is 5.82 Å². The number of nitrogens with one attached hydrogen (secondary N) is 1. The number of carbonyl (C=O) groups excluding carboxylic acids is 2. The number of urea groups is 1. The van der Waals surface area contributed by atoms with Gasteiger partial charge >= 0.3 is 12.2 Å². The Morgan fingerprint density at radius 2 is 1.89 bits per heavy atom. The molecule has 1 aliphatic rings. The van der Waals surface area contributed by atoms with Crippen LogP contribution < -0.4 is 10.2 Å². The summed E-state index contributed by atoms with van der Waals surface area (Å²) in [5.41, 5.74) is -1.67. The Morgan fingerprint density at radius 1 is 1.22 bits per heavy atom. The number of benzene rings is 1. The molecule has 0 spiro atoms. The van der Waals surface area contributed by atoms with Crippen LogP contribution in [0.5, 0.6) is 0 Å². The molecule has 0 bridgehead atoms. The van der Waals surface area contributed by atoms with Crippen molar-refractivity contribution < 1.29 is 27.2 Å². The first kappa shape index (κ1) is 12.3. The molecule has 0 aromatic heterocycles. The Labute approximate surface area is 98.2 Å². The molecule has 1 N–H and O–H groups in total. The Bertz CT molecular complexity index is 527. The van der Waals surface area contributed by atoms with E-state index in [9.17, 15) is 27.2 Å². The average molecular weight is 262 g/mol. The number of alkyl halides is 3. The highest BCUT2D eigenvalue weighted by Crippen LogP contribution is 2.33. The van der Waals surface area contributed by atoms with Gasteiger partial charge in [0.25, 0.3) is 0 Å². The van der Waals surface area contributed by atoms with E-state index in [1.807, 2.05) is 5.32 Å². The summed E-state index contributed by atoms with van der Waals surface area (Å²) >= 11 is 0. The highest BCUT2D eigenvalue weighted by Gasteiger charge is 2.34. The van der Waals surface area contributed by atoms with Gasteiger partial charge in [-0.1, -0.05) is 0 Å². The van der Waals surface area contributed by atoms with Gasteiger partial charge in [-0.3, -0.25) is 15.0 Å². The molecular formula is C10H6F4N2O2. The van der Waals surface area contributed by atoms with Gasteiger partial charge in [-0.25, -0.2) is 9.18 Å². The standard InChI is InChI=1S/C10H6F4N2O2/c11-6-2-1-5(10(12,13)14)3-7(6)16-4-8(17)15-9(16)18/h1-3H,4H2,(H,15,17,18). The van der Waals surface area contributed by atoms with Gasteiger partial charge < -0.3 is 0 Å². The number of hydrogen-bond donors (Lipinski definition) is 1. The minimum atomic E-state index is -4.65. The third-order valence-corrected chi connectivity index (χ3v) is 2.36. The van der Waals surface area contributed by atoms with E-state index in [1.54, 1.807) is 0 Å². The second kappa shape index (κ2) is 3.97. The molecule has 1 fully saturated rings. The molecule has 1 aromatic carbocycles. The lowest BCUT2D eigenvalue weighted by Crippen LogP contribution is -2.29. The minimum Gasteiger partial charge on any atom is -0.282 e. The van der Waals surface area contributed by atoms with E-state index in [0.717, 1.165) is 0 Å². The van der Waals surface area contributed by atoms with Crippen molar-refractivity contribution >= 4 is 17.6 Å². The predicted molar refractivity (Wildman–Crippen MR) is 52.3 cm³/mol. The maximum absolute atomic E-state index is 13.4. The van der Waals surface area contributed by atoms with E-state index in [0.29, 0.717) is 23.1 Å². The van der Waals surface area contributed by atoms with Crippen LogP contribution >= 0.6 is 0 Å². The van der Waals surface area contributed by atoms with E-state index in [4.69, 9.17) is 0 Å². The van der Waals surface area contributed by atoms with Gasteiger partial charge in [0.15, 0.2) is 0 Å². The first-order valence-corrected chi connectivity index (χ1v) is 4.77. The Balaban J connectivity index is 2.44. The van der Waals surface area contributed by atoms with Crippen molar-refractivity contribution in [1.82, 2.24) is 5.32 Å². The SMILES string of the molecule is O=C1CN(c2cc(C(F)(F)F)ccc2F)C(=O)N1. The first-order chi connectivity index (χ1) is 8.29. The molecule has 8 heteroatoms. The Kier molecular flexibility index (Phi) is 2.72. The second-order valence-electron chi connectivity index (χ2n) is 3.60. The third-order valence-electron chi connectivity index (χ3n) is 2.36. The molecular weight excluding hydrogens is 256 g/mol. The minimum absolute atomic E-state index is 0.494. The normalized spacial score (nSPS) is 16.1. The van der Waals surface area contributed by atoms with Crippen LogP contribution in [0.4, 0.5) is 28.0 Å². The molecule has 3 amide bonds. The van der Waals surface area contributed by atoms with Gasteiger partial charge in [-0.05, 0) is 18.2 Å². The molecule has 1 heterocycles. The lowest BCUT2D eigenvalue weighted by atomic mass is 10.1. The number of anilines is 1. The van der Waals surface area contributed by atoms with Crippen LogP contribution in [0.2, 0.25) is 0 Å². The fourth-order valence-electron chi connectivity index (χ4n) is 1.53. The molecule has 18 heavy (non-hydrogen) atoms. The van der Waals surface area contributed by atoms with Gasteiger partial charge in [0.2, 0.25) is 5.91 Å². The molecule has 0 atom stereocenters. The summed E-state index contributed by atoms with van der Waals surface area (Å²) in [5, 5.41) is 1.85. The van der Waals surface area contributed by atoms with Gasteiger partial charge in [-0.2, -0.15) is 13.2 Å². The zero-order valence-electron chi connectivity index (χ0n) is 8.71. The van der Waals surface area contributed by atoms with Crippen molar-refractivity contribution in [2.45, 2.75) is 6.18 Å².